The highest BCUT2D eigenvalue weighted by atomic mass is 16.5. The van der Waals surface area contributed by atoms with Gasteiger partial charge in [-0.25, -0.2) is 0 Å². The number of benzene rings is 1. The number of H-pyrrole nitrogens is 1. The van der Waals surface area contributed by atoms with Crippen molar-refractivity contribution in [3.63, 3.8) is 0 Å². The van der Waals surface area contributed by atoms with Crippen molar-refractivity contribution >= 4 is 0 Å². The molecule has 2 aromatic rings. The van der Waals surface area contributed by atoms with Gasteiger partial charge in [-0.05, 0) is 30.9 Å². The first-order valence-electron chi connectivity index (χ1n) is 6.98. The molecule has 0 radical (unpaired) electrons. The Kier molecular flexibility index (Phi) is 4.12. The van der Waals surface area contributed by atoms with Crippen molar-refractivity contribution in [2.45, 2.75) is 12.8 Å². The summed E-state index contributed by atoms with van der Waals surface area (Å²) < 4.78 is 11.2. The number of aromatic nitrogens is 3. The van der Waals surface area contributed by atoms with E-state index < -0.39 is 0 Å². The number of hydrogen-bond donors (Lipinski definition) is 1. The summed E-state index contributed by atoms with van der Waals surface area (Å²) in [5, 5.41) is 19.3. The summed E-state index contributed by atoms with van der Waals surface area (Å²) in [6.07, 6.45) is 2.09. The van der Waals surface area contributed by atoms with Gasteiger partial charge in [-0.15, -0.1) is 5.10 Å². The number of rotatable bonds is 4. The van der Waals surface area contributed by atoms with Crippen molar-refractivity contribution in [3.05, 3.63) is 30.0 Å². The van der Waals surface area contributed by atoms with E-state index in [0.717, 1.165) is 37.4 Å². The molecule has 0 amide bonds. The third-order valence-corrected chi connectivity index (χ3v) is 3.59. The SMILES string of the molecule is N#Cc1n[nH]nc1-c1cccc(OCC2CCOCC2)c1. The Morgan fingerprint density at radius 1 is 1.33 bits per heavy atom. The minimum atomic E-state index is 0.288. The predicted octanol–water partition coefficient (Wildman–Crippen LogP) is 2.15. The van der Waals surface area contributed by atoms with Crippen LogP contribution < -0.4 is 4.74 Å². The van der Waals surface area contributed by atoms with Gasteiger partial charge in [0.1, 0.15) is 17.5 Å². The molecule has 0 spiro atoms. The summed E-state index contributed by atoms with van der Waals surface area (Å²) in [5.41, 5.74) is 1.66. The van der Waals surface area contributed by atoms with Crippen LogP contribution in [-0.4, -0.2) is 35.2 Å². The summed E-state index contributed by atoms with van der Waals surface area (Å²) in [5.74, 6) is 1.33. The van der Waals surface area contributed by atoms with Crippen LogP contribution in [0.1, 0.15) is 18.5 Å². The fourth-order valence-corrected chi connectivity index (χ4v) is 2.37. The van der Waals surface area contributed by atoms with Gasteiger partial charge in [-0.2, -0.15) is 15.6 Å². The van der Waals surface area contributed by atoms with Gasteiger partial charge < -0.3 is 9.47 Å². The van der Waals surface area contributed by atoms with Crippen LogP contribution in [0.5, 0.6) is 5.75 Å². The topological polar surface area (TPSA) is 83.8 Å². The van der Waals surface area contributed by atoms with Crippen molar-refractivity contribution in [3.8, 4) is 23.1 Å². The van der Waals surface area contributed by atoms with E-state index in [1.54, 1.807) is 0 Å². The molecule has 1 aromatic heterocycles. The lowest BCUT2D eigenvalue weighted by atomic mass is 10.0. The molecule has 1 aromatic carbocycles. The molecule has 0 bridgehead atoms. The maximum atomic E-state index is 9.00. The summed E-state index contributed by atoms with van der Waals surface area (Å²) in [7, 11) is 0. The first-order valence-corrected chi connectivity index (χ1v) is 6.98. The minimum absolute atomic E-state index is 0.288. The molecule has 0 aliphatic carbocycles. The maximum Gasteiger partial charge on any atom is 0.190 e. The Labute approximate surface area is 122 Å². The zero-order valence-corrected chi connectivity index (χ0v) is 11.6. The summed E-state index contributed by atoms with van der Waals surface area (Å²) in [6.45, 7) is 2.33. The molecule has 1 fully saturated rings. The second-order valence-corrected chi connectivity index (χ2v) is 5.03. The third kappa shape index (κ3) is 3.20. The standard InChI is InChI=1S/C15H16N4O2/c16-9-14-15(18-19-17-14)12-2-1-3-13(8-12)21-10-11-4-6-20-7-5-11/h1-3,8,11H,4-7,10H2,(H,17,18,19). The average molecular weight is 284 g/mol. The lowest BCUT2D eigenvalue weighted by Crippen LogP contribution is -2.21. The fourth-order valence-electron chi connectivity index (χ4n) is 2.37. The average Bonchev–Trinajstić information content (AvgIpc) is 3.03. The lowest BCUT2D eigenvalue weighted by Gasteiger charge is -2.22. The van der Waals surface area contributed by atoms with Crippen molar-refractivity contribution in [2.24, 2.45) is 5.92 Å². The Bertz CT molecular complexity index is 641. The molecule has 0 atom stereocenters. The summed E-state index contributed by atoms with van der Waals surface area (Å²) >= 11 is 0. The molecule has 0 saturated carbocycles. The molecule has 6 heteroatoms. The van der Waals surface area contributed by atoms with Crippen LogP contribution >= 0.6 is 0 Å². The molecule has 0 unspecified atom stereocenters. The van der Waals surface area contributed by atoms with Crippen LogP contribution in [0.4, 0.5) is 0 Å². The van der Waals surface area contributed by atoms with E-state index in [1.165, 1.54) is 0 Å². The van der Waals surface area contributed by atoms with Gasteiger partial charge in [0.05, 0.1) is 6.61 Å². The van der Waals surface area contributed by atoms with Crippen LogP contribution in [0.2, 0.25) is 0 Å². The maximum absolute atomic E-state index is 9.00. The summed E-state index contributed by atoms with van der Waals surface area (Å²) in [6, 6.07) is 9.60. The van der Waals surface area contributed by atoms with E-state index in [-0.39, 0.29) is 5.69 Å². The van der Waals surface area contributed by atoms with Crippen LogP contribution in [-0.2, 0) is 4.74 Å². The Morgan fingerprint density at radius 2 is 2.19 bits per heavy atom. The van der Waals surface area contributed by atoms with Crippen LogP contribution in [0.25, 0.3) is 11.3 Å². The second-order valence-electron chi connectivity index (χ2n) is 5.03. The molecule has 1 N–H and O–H groups in total. The van der Waals surface area contributed by atoms with Crippen molar-refractivity contribution < 1.29 is 9.47 Å². The van der Waals surface area contributed by atoms with Gasteiger partial charge in [0.15, 0.2) is 5.69 Å². The van der Waals surface area contributed by atoms with Gasteiger partial charge >= 0.3 is 0 Å². The van der Waals surface area contributed by atoms with E-state index >= 15 is 0 Å². The number of aromatic amines is 1. The molecular weight excluding hydrogens is 268 g/mol. The third-order valence-electron chi connectivity index (χ3n) is 3.59. The fraction of sp³-hybridized carbons (Fsp3) is 0.400. The first-order chi connectivity index (χ1) is 10.4. The van der Waals surface area contributed by atoms with Crippen LogP contribution in [0.15, 0.2) is 24.3 Å². The highest BCUT2D eigenvalue weighted by Gasteiger charge is 2.15. The van der Waals surface area contributed by atoms with E-state index in [1.807, 2.05) is 30.3 Å². The molecule has 2 heterocycles. The smallest absolute Gasteiger partial charge is 0.190 e. The quantitative estimate of drug-likeness (QED) is 0.930. The molecule has 1 aliphatic rings. The summed E-state index contributed by atoms with van der Waals surface area (Å²) in [4.78, 5) is 0. The van der Waals surface area contributed by atoms with Gasteiger partial charge in [-0.3, -0.25) is 0 Å². The normalized spacial score (nSPS) is 15.6. The number of ether oxygens (including phenoxy) is 2. The Hall–Kier alpha value is -2.39. The molecular formula is C15H16N4O2. The number of nitriles is 1. The number of hydrogen-bond acceptors (Lipinski definition) is 5. The van der Waals surface area contributed by atoms with E-state index in [4.69, 9.17) is 14.7 Å². The predicted molar refractivity (Wildman–Crippen MR) is 75.6 cm³/mol. The van der Waals surface area contributed by atoms with Gasteiger partial charge in [0.2, 0.25) is 0 Å². The highest BCUT2D eigenvalue weighted by Crippen LogP contribution is 2.25. The Morgan fingerprint density at radius 3 is 3.00 bits per heavy atom. The first kappa shape index (κ1) is 13.6. The van der Waals surface area contributed by atoms with Crippen molar-refractivity contribution in [1.82, 2.24) is 15.4 Å². The molecule has 3 rings (SSSR count). The number of nitrogens with zero attached hydrogens (tertiary/aromatic N) is 3. The van der Waals surface area contributed by atoms with Gasteiger partial charge in [0, 0.05) is 18.8 Å². The number of nitrogens with one attached hydrogen (secondary N) is 1. The second kappa shape index (κ2) is 6.37. The molecule has 1 aliphatic heterocycles. The van der Waals surface area contributed by atoms with Gasteiger partial charge in [-0.1, -0.05) is 12.1 Å². The Balaban J connectivity index is 1.70. The van der Waals surface area contributed by atoms with Crippen LogP contribution in [0, 0.1) is 17.2 Å². The monoisotopic (exact) mass is 284 g/mol. The van der Waals surface area contributed by atoms with Crippen molar-refractivity contribution in [1.29, 1.82) is 5.26 Å². The van der Waals surface area contributed by atoms with E-state index in [0.29, 0.717) is 18.2 Å². The zero-order valence-electron chi connectivity index (χ0n) is 11.6. The minimum Gasteiger partial charge on any atom is -0.493 e. The lowest BCUT2D eigenvalue weighted by molar-refractivity contribution is 0.0497. The van der Waals surface area contributed by atoms with Gasteiger partial charge in [0.25, 0.3) is 0 Å². The van der Waals surface area contributed by atoms with Crippen molar-refractivity contribution in [2.75, 3.05) is 19.8 Å². The molecule has 108 valence electrons. The van der Waals surface area contributed by atoms with E-state index in [9.17, 15) is 0 Å². The highest BCUT2D eigenvalue weighted by molar-refractivity contribution is 5.65. The molecule has 6 nitrogen and oxygen atoms in total. The molecule has 21 heavy (non-hydrogen) atoms. The zero-order chi connectivity index (χ0) is 14.5. The molecule has 1 saturated heterocycles. The van der Waals surface area contributed by atoms with Crippen LogP contribution in [0.3, 0.4) is 0 Å². The largest absolute Gasteiger partial charge is 0.493 e. The van der Waals surface area contributed by atoms with E-state index in [2.05, 4.69) is 15.4 Å².